The van der Waals surface area contributed by atoms with E-state index in [0.717, 1.165) is 4.88 Å². The Morgan fingerprint density at radius 3 is 2.77 bits per heavy atom. The average Bonchev–Trinajstić information content (AvgIpc) is 2.53. The Hall–Kier alpha value is -0.795. The molecule has 1 aromatic rings. The van der Waals surface area contributed by atoms with Crippen LogP contribution in [0.5, 0.6) is 0 Å². The molecule has 0 unspecified atom stereocenters. The number of hydrogen-bond acceptors (Lipinski definition) is 4. The smallest absolute Gasteiger partial charge is 0.423 e. The molecule has 0 aromatic carbocycles. The number of aliphatic hydroxyl groups excluding tert-OH is 1. The predicted octanol–water partition coefficient (Wildman–Crippen LogP) is -0.838. The van der Waals surface area contributed by atoms with E-state index in [1.807, 2.05) is 0 Å². The fourth-order valence-corrected chi connectivity index (χ4v) is 1.55. The van der Waals surface area contributed by atoms with Crippen molar-refractivity contribution in [2.45, 2.75) is 6.42 Å². The van der Waals surface area contributed by atoms with E-state index in [4.69, 9.17) is 15.2 Å². The molecule has 0 fully saturated rings. The Balaban J connectivity index is 2.65. The highest BCUT2D eigenvalue weighted by Gasteiger charge is 2.11. The van der Waals surface area contributed by atoms with E-state index < -0.39 is 7.12 Å². The minimum atomic E-state index is -1.43. The largest absolute Gasteiger partial charge is 0.489 e. The number of aliphatic hydroxyl groups is 1. The molecule has 0 saturated heterocycles. The van der Waals surface area contributed by atoms with Crippen LogP contribution in [0.4, 0.5) is 0 Å². The second-order valence-corrected chi connectivity index (χ2v) is 3.30. The Kier molecular flexibility index (Phi) is 3.99. The monoisotopic (exact) mass is 196 g/mol. The molecule has 0 saturated carbocycles. The SMILES string of the molecule is OCCC#Cc1cc(B(O)O)cs1. The van der Waals surface area contributed by atoms with E-state index in [9.17, 15) is 0 Å². The van der Waals surface area contributed by atoms with Crippen molar-refractivity contribution in [1.82, 2.24) is 0 Å². The normalized spacial score (nSPS) is 9.15. The molecule has 0 radical (unpaired) electrons. The summed E-state index contributed by atoms with van der Waals surface area (Å²) >= 11 is 1.35. The zero-order valence-electron chi connectivity index (χ0n) is 6.90. The Morgan fingerprint density at radius 2 is 2.23 bits per heavy atom. The van der Waals surface area contributed by atoms with Gasteiger partial charge in [0.1, 0.15) is 0 Å². The van der Waals surface area contributed by atoms with Gasteiger partial charge in [-0.1, -0.05) is 11.8 Å². The molecule has 1 rings (SSSR count). The van der Waals surface area contributed by atoms with Crippen LogP contribution in [0.25, 0.3) is 0 Å². The molecule has 0 amide bonds. The van der Waals surface area contributed by atoms with Gasteiger partial charge in [-0.2, -0.15) is 0 Å². The van der Waals surface area contributed by atoms with E-state index in [-0.39, 0.29) is 6.61 Å². The van der Waals surface area contributed by atoms with Crippen LogP contribution in [0.15, 0.2) is 11.4 Å². The van der Waals surface area contributed by atoms with Gasteiger partial charge >= 0.3 is 7.12 Å². The molecule has 5 heteroatoms. The number of thiophene rings is 1. The third-order valence-electron chi connectivity index (χ3n) is 1.37. The van der Waals surface area contributed by atoms with Crippen molar-refractivity contribution in [2.24, 2.45) is 0 Å². The summed E-state index contributed by atoms with van der Waals surface area (Å²) in [6.45, 7) is 0.0495. The van der Waals surface area contributed by atoms with Crippen molar-refractivity contribution in [3.8, 4) is 11.8 Å². The maximum absolute atomic E-state index is 8.78. The average molecular weight is 196 g/mol. The third kappa shape index (κ3) is 3.21. The molecule has 1 aromatic heterocycles. The van der Waals surface area contributed by atoms with Gasteiger partial charge in [0.05, 0.1) is 11.5 Å². The highest BCUT2D eigenvalue weighted by atomic mass is 32.1. The summed E-state index contributed by atoms with van der Waals surface area (Å²) in [4.78, 5) is 0.775. The van der Waals surface area contributed by atoms with Crippen LogP contribution in [0.1, 0.15) is 11.3 Å². The van der Waals surface area contributed by atoms with Crippen molar-refractivity contribution in [1.29, 1.82) is 0 Å². The Labute approximate surface area is 80.8 Å². The summed E-state index contributed by atoms with van der Waals surface area (Å²) < 4.78 is 0. The van der Waals surface area contributed by atoms with E-state index >= 15 is 0 Å². The molecule has 3 N–H and O–H groups in total. The van der Waals surface area contributed by atoms with Crippen LogP contribution in [0.3, 0.4) is 0 Å². The molecule has 0 atom stereocenters. The van der Waals surface area contributed by atoms with Crippen molar-refractivity contribution < 1.29 is 15.2 Å². The Bertz CT molecular complexity index is 324. The minimum Gasteiger partial charge on any atom is -0.423 e. The summed E-state index contributed by atoms with van der Waals surface area (Å²) in [7, 11) is -1.43. The van der Waals surface area contributed by atoms with Gasteiger partial charge in [-0.25, -0.2) is 0 Å². The van der Waals surface area contributed by atoms with Crippen LogP contribution in [0, 0.1) is 11.8 Å². The maximum Gasteiger partial charge on any atom is 0.489 e. The highest BCUT2D eigenvalue weighted by molar-refractivity contribution is 7.11. The van der Waals surface area contributed by atoms with Crippen LogP contribution in [-0.2, 0) is 0 Å². The van der Waals surface area contributed by atoms with E-state index in [0.29, 0.717) is 11.9 Å². The molecular weight excluding hydrogens is 187 g/mol. The van der Waals surface area contributed by atoms with Crippen molar-refractivity contribution in [3.05, 3.63) is 16.3 Å². The molecule has 68 valence electrons. The highest BCUT2D eigenvalue weighted by Crippen LogP contribution is 2.04. The maximum atomic E-state index is 8.78. The summed E-state index contributed by atoms with van der Waals surface area (Å²) in [5, 5.41) is 27.7. The van der Waals surface area contributed by atoms with Crippen LogP contribution >= 0.6 is 11.3 Å². The van der Waals surface area contributed by atoms with Crippen LogP contribution in [-0.4, -0.2) is 28.9 Å². The van der Waals surface area contributed by atoms with Gasteiger partial charge in [0.2, 0.25) is 0 Å². The van der Waals surface area contributed by atoms with Crippen molar-refractivity contribution >= 4 is 23.9 Å². The van der Waals surface area contributed by atoms with Gasteiger partial charge in [0.15, 0.2) is 0 Å². The molecule has 0 spiro atoms. The molecule has 0 aliphatic rings. The first-order valence-electron chi connectivity index (χ1n) is 3.78. The fourth-order valence-electron chi connectivity index (χ4n) is 0.757. The van der Waals surface area contributed by atoms with Crippen LogP contribution in [0.2, 0.25) is 0 Å². The first kappa shape index (κ1) is 10.3. The zero-order valence-corrected chi connectivity index (χ0v) is 7.71. The molecule has 13 heavy (non-hydrogen) atoms. The fraction of sp³-hybridized carbons (Fsp3) is 0.250. The molecular formula is C8H9BO3S. The van der Waals surface area contributed by atoms with Gasteiger partial charge < -0.3 is 15.2 Å². The lowest BCUT2D eigenvalue weighted by atomic mass is 9.83. The Morgan fingerprint density at radius 1 is 1.46 bits per heavy atom. The molecule has 0 bridgehead atoms. The second kappa shape index (κ2) is 5.05. The van der Waals surface area contributed by atoms with Crippen molar-refractivity contribution in [2.75, 3.05) is 6.61 Å². The van der Waals surface area contributed by atoms with Gasteiger partial charge in [0, 0.05) is 6.42 Å². The lowest BCUT2D eigenvalue weighted by Crippen LogP contribution is -2.27. The molecule has 3 nitrogen and oxygen atoms in total. The molecule has 0 aliphatic carbocycles. The molecule has 1 heterocycles. The lowest BCUT2D eigenvalue weighted by Gasteiger charge is -1.88. The number of hydrogen-bond donors (Lipinski definition) is 3. The summed E-state index contributed by atoms with van der Waals surface area (Å²) in [5.74, 6) is 5.56. The number of rotatable bonds is 2. The summed E-state index contributed by atoms with van der Waals surface area (Å²) in [5.41, 5.74) is 0.457. The zero-order chi connectivity index (χ0) is 9.68. The van der Waals surface area contributed by atoms with Crippen molar-refractivity contribution in [3.63, 3.8) is 0 Å². The summed E-state index contributed by atoms with van der Waals surface area (Å²) in [6.07, 6.45) is 0.439. The topological polar surface area (TPSA) is 60.7 Å². The van der Waals surface area contributed by atoms with Crippen LogP contribution < -0.4 is 5.46 Å². The first-order chi connectivity index (χ1) is 6.24. The lowest BCUT2D eigenvalue weighted by molar-refractivity contribution is 0.305. The van der Waals surface area contributed by atoms with E-state index in [2.05, 4.69) is 11.8 Å². The predicted molar refractivity (Wildman–Crippen MR) is 52.7 cm³/mol. The summed E-state index contributed by atoms with van der Waals surface area (Å²) in [6, 6.07) is 1.62. The van der Waals surface area contributed by atoms with E-state index in [1.54, 1.807) is 11.4 Å². The molecule has 0 aliphatic heterocycles. The van der Waals surface area contributed by atoms with Gasteiger partial charge in [-0.15, -0.1) is 11.3 Å². The minimum absolute atomic E-state index is 0.0495. The quantitative estimate of drug-likeness (QED) is 0.427. The van der Waals surface area contributed by atoms with E-state index in [1.165, 1.54) is 11.3 Å². The third-order valence-corrected chi connectivity index (χ3v) is 2.23. The standard InChI is InChI=1S/C8H9BO3S/c10-4-2-1-3-8-5-7(6-13-8)9(11)12/h5-6,10-12H,2,4H2. The first-order valence-corrected chi connectivity index (χ1v) is 4.66. The second-order valence-electron chi connectivity index (χ2n) is 2.39. The van der Waals surface area contributed by atoms with Gasteiger partial charge in [-0.05, 0) is 16.9 Å². The van der Waals surface area contributed by atoms with Gasteiger partial charge in [-0.3, -0.25) is 0 Å². The van der Waals surface area contributed by atoms with Gasteiger partial charge in [0.25, 0.3) is 0 Å².